The molecular weight excluding hydrogens is 446 g/mol. The van der Waals surface area contributed by atoms with Crippen LogP contribution in [0.4, 0.5) is 0 Å². The van der Waals surface area contributed by atoms with Gasteiger partial charge in [0.15, 0.2) is 5.58 Å². The number of oxazole rings is 1. The Morgan fingerprint density at radius 2 is 1.74 bits per heavy atom. The van der Waals surface area contributed by atoms with Gasteiger partial charge in [-0.3, -0.25) is 9.69 Å². The zero-order chi connectivity index (χ0) is 23.5. The topological polar surface area (TPSA) is 58.8 Å². The molecule has 2 aromatic carbocycles. The fraction of sp³-hybridized carbons (Fsp3) is 0.481. The van der Waals surface area contributed by atoms with Crippen LogP contribution in [0.3, 0.4) is 0 Å². The monoisotopic (exact) mass is 479 g/mol. The van der Waals surface area contributed by atoms with E-state index in [1.54, 1.807) is 0 Å². The number of thioether (sulfide) groups is 1. The molecule has 2 fully saturated rings. The number of fused-ring (bicyclic) bond motifs is 1. The third-order valence-electron chi connectivity index (χ3n) is 6.79. The molecule has 0 saturated carbocycles. The second-order valence-corrected chi connectivity index (χ2v) is 10.5. The first kappa shape index (κ1) is 23.4. The smallest absolute Gasteiger partial charge is 0.257 e. The summed E-state index contributed by atoms with van der Waals surface area (Å²) in [5.74, 6) is 1.44. The number of piperidine rings is 1. The average molecular weight is 480 g/mol. The Hall–Kier alpha value is -2.35. The van der Waals surface area contributed by atoms with Gasteiger partial charge >= 0.3 is 0 Å². The second kappa shape index (κ2) is 10.5. The van der Waals surface area contributed by atoms with Gasteiger partial charge in [-0.2, -0.15) is 0 Å². The zero-order valence-electron chi connectivity index (χ0n) is 20.0. The number of carbonyl (C=O) groups excluding carboxylic acids is 1. The van der Waals surface area contributed by atoms with Crippen molar-refractivity contribution in [1.29, 1.82) is 0 Å². The molecule has 3 heterocycles. The lowest BCUT2D eigenvalue weighted by Crippen LogP contribution is -2.48. The standard InChI is InChI=1S/C27H33N3O3S/c1-19-15-29(16-20(2)32-19)17-21-11-13-30(14-12-21)26(31)23-8-4-3-7-22(23)18-34-27-28-24-9-5-6-10-25(24)33-27/h3-10,19-21H,11-18H2,1-2H3. The number of morpholine rings is 1. The second-order valence-electron chi connectivity index (χ2n) is 9.60. The van der Waals surface area contributed by atoms with Crippen LogP contribution in [0.25, 0.3) is 11.1 Å². The SMILES string of the molecule is CC1CN(CC2CCN(C(=O)c3ccccc3CSc3nc4ccccc4o3)CC2)CC(C)O1. The van der Waals surface area contributed by atoms with Gasteiger partial charge in [-0.1, -0.05) is 42.1 Å². The zero-order valence-corrected chi connectivity index (χ0v) is 20.8. The van der Waals surface area contributed by atoms with Crippen molar-refractivity contribution in [2.75, 3.05) is 32.7 Å². The number of ether oxygens (including phenoxy) is 1. The summed E-state index contributed by atoms with van der Waals surface area (Å²) in [6, 6.07) is 15.7. The fourth-order valence-electron chi connectivity index (χ4n) is 5.19. The average Bonchev–Trinajstić information content (AvgIpc) is 3.25. The molecular formula is C27H33N3O3S. The first-order valence-corrected chi connectivity index (χ1v) is 13.3. The van der Waals surface area contributed by atoms with Gasteiger partial charge in [0.1, 0.15) is 5.52 Å². The minimum Gasteiger partial charge on any atom is -0.431 e. The van der Waals surface area contributed by atoms with Crippen molar-refractivity contribution >= 4 is 28.8 Å². The van der Waals surface area contributed by atoms with Crippen LogP contribution in [0.1, 0.15) is 42.6 Å². The van der Waals surface area contributed by atoms with E-state index in [0.717, 1.165) is 67.8 Å². The maximum absolute atomic E-state index is 13.4. The van der Waals surface area contributed by atoms with Gasteiger partial charge in [0, 0.05) is 44.0 Å². The van der Waals surface area contributed by atoms with Crippen molar-refractivity contribution < 1.29 is 13.9 Å². The molecule has 2 saturated heterocycles. The Balaban J connectivity index is 1.17. The third-order valence-corrected chi connectivity index (χ3v) is 7.66. The molecule has 0 N–H and O–H groups in total. The molecule has 7 heteroatoms. The van der Waals surface area contributed by atoms with Crippen molar-refractivity contribution in [3.63, 3.8) is 0 Å². The molecule has 2 aliphatic heterocycles. The van der Waals surface area contributed by atoms with Crippen LogP contribution in [-0.2, 0) is 10.5 Å². The normalized spacial score (nSPS) is 22.4. The maximum atomic E-state index is 13.4. The number of carbonyl (C=O) groups is 1. The van der Waals surface area contributed by atoms with Gasteiger partial charge in [-0.25, -0.2) is 4.98 Å². The van der Waals surface area contributed by atoms with Crippen LogP contribution >= 0.6 is 11.8 Å². The van der Waals surface area contributed by atoms with Crippen molar-refractivity contribution in [2.24, 2.45) is 5.92 Å². The van der Waals surface area contributed by atoms with Gasteiger partial charge in [0.05, 0.1) is 12.2 Å². The maximum Gasteiger partial charge on any atom is 0.257 e. The number of benzene rings is 2. The fourth-order valence-corrected chi connectivity index (χ4v) is 6.04. The summed E-state index contributed by atoms with van der Waals surface area (Å²) in [7, 11) is 0. The van der Waals surface area contributed by atoms with Gasteiger partial charge in [0.25, 0.3) is 11.1 Å². The number of amides is 1. The molecule has 0 aliphatic carbocycles. The number of hydrogen-bond donors (Lipinski definition) is 0. The van der Waals surface area contributed by atoms with Crippen LogP contribution in [-0.4, -0.2) is 65.6 Å². The molecule has 1 aromatic heterocycles. The lowest BCUT2D eigenvalue weighted by atomic mass is 9.94. The van der Waals surface area contributed by atoms with Crippen molar-refractivity contribution in [1.82, 2.24) is 14.8 Å². The number of hydrogen-bond acceptors (Lipinski definition) is 6. The van der Waals surface area contributed by atoms with Gasteiger partial charge in [-0.15, -0.1) is 0 Å². The Labute approximate surface area is 205 Å². The number of para-hydroxylation sites is 2. The summed E-state index contributed by atoms with van der Waals surface area (Å²) in [5.41, 5.74) is 3.47. The van der Waals surface area contributed by atoms with E-state index >= 15 is 0 Å². The van der Waals surface area contributed by atoms with Crippen molar-refractivity contribution in [2.45, 2.75) is 49.9 Å². The van der Waals surface area contributed by atoms with Crippen molar-refractivity contribution in [3.8, 4) is 0 Å². The molecule has 2 unspecified atom stereocenters. The molecule has 5 rings (SSSR count). The summed E-state index contributed by atoms with van der Waals surface area (Å²) in [6.45, 7) is 9.09. The molecule has 2 atom stereocenters. The quantitative estimate of drug-likeness (QED) is 0.460. The molecule has 2 aliphatic rings. The number of rotatable bonds is 6. The van der Waals surface area contributed by atoms with Crippen LogP contribution in [0.15, 0.2) is 58.2 Å². The predicted molar refractivity (Wildman–Crippen MR) is 135 cm³/mol. The summed E-state index contributed by atoms with van der Waals surface area (Å²) < 4.78 is 11.7. The summed E-state index contributed by atoms with van der Waals surface area (Å²) in [5, 5.41) is 0.635. The number of aromatic nitrogens is 1. The number of likely N-dealkylation sites (tertiary alicyclic amines) is 1. The highest BCUT2D eigenvalue weighted by atomic mass is 32.2. The molecule has 0 bridgehead atoms. The van der Waals surface area contributed by atoms with E-state index in [1.165, 1.54) is 11.8 Å². The lowest BCUT2D eigenvalue weighted by molar-refractivity contribution is -0.0728. The van der Waals surface area contributed by atoms with Gasteiger partial charge in [0.2, 0.25) is 0 Å². The Kier molecular flexibility index (Phi) is 7.23. The minimum absolute atomic E-state index is 0.140. The molecule has 180 valence electrons. The van der Waals surface area contributed by atoms with Gasteiger partial charge < -0.3 is 14.1 Å². The first-order chi connectivity index (χ1) is 16.5. The van der Waals surface area contributed by atoms with Crippen LogP contribution in [0.5, 0.6) is 0 Å². The van der Waals surface area contributed by atoms with E-state index in [-0.39, 0.29) is 5.91 Å². The summed E-state index contributed by atoms with van der Waals surface area (Å²) in [4.78, 5) is 22.5. The highest BCUT2D eigenvalue weighted by Crippen LogP contribution is 2.28. The lowest BCUT2D eigenvalue weighted by Gasteiger charge is -2.39. The minimum atomic E-state index is 0.140. The first-order valence-electron chi connectivity index (χ1n) is 12.3. The molecule has 3 aromatic rings. The van der Waals surface area contributed by atoms with E-state index in [1.807, 2.05) is 53.4 Å². The largest absolute Gasteiger partial charge is 0.431 e. The molecule has 0 radical (unpaired) electrons. The van der Waals surface area contributed by atoms with Crippen molar-refractivity contribution in [3.05, 3.63) is 59.7 Å². The molecule has 6 nitrogen and oxygen atoms in total. The van der Waals surface area contributed by atoms with E-state index < -0.39 is 0 Å². The van der Waals surface area contributed by atoms with E-state index in [2.05, 4.69) is 23.7 Å². The van der Waals surface area contributed by atoms with E-state index in [0.29, 0.717) is 29.1 Å². The summed E-state index contributed by atoms with van der Waals surface area (Å²) in [6.07, 6.45) is 2.72. The molecule has 34 heavy (non-hydrogen) atoms. The van der Waals surface area contributed by atoms with Crippen LogP contribution in [0.2, 0.25) is 0 Å². The highest BCUT2D eigenvalue weighted by Gasteiger charge is 2.29. The molecule has 0 spiro atoms. The van der Waals surface area contributed by atoms with E-state index in [9.17, 15) is 4.79 Å². The Bertz CT molecular complexity index is 1080. The predicted octanol–water partition coefficient (Wildman–Crippen LogP) is 5.08. The van der Waals surface area contributed by atoms with Crippen LogP contribution in [0, 0.1) is 5.92 Å². The van der Waals surface area contributed by atoms with Crippen LogP contribution < -0.4 is 0 Å². The third kappa shape index (κ3) is 5.48. The summed E-state index contributed by atoms with van der Waals surface area (Å²) >= 11 is 1.53. The number of nitrogens with zero attached hydrogens (tertiary/aromatic N) is 3. The van der Waals surface area contributed by atoms with Gasteiger partial charge in [-0.05, 0) is 56.4 Å². The molecule has 1 amide bonds. The highest BCUT2D eigenvalue weighted by molar-refractivity contribution is 7.98. The Morgan fingerprint density at radius 1 is 1.03 bits per heavy atom. The van der Waals surface area contributed by atoms with E-state index in [4.69, 9.17) is 9.15 Å². The Morgan fingerprint density at radius 3 is 2.50 bits per heavy atom.